The van der Waals surface area contributed by atoms with Crippen LogP contribution in [0.25, 0.3) is 0 Å². The number of rotatable bonds is 8. The molecule has 3 rings (SSSR count). The zero-order valence-electron chi connectivity index (χ0n) is 20.3. The van der Waals surface area contributed by atoms with Crippen LogP contribution in [0, 0.1) is 12.7 Å². The summed E-state index contributed by atoms with van der Waals surface area (Å²) < 4.78 is 13.5. The van der Waals surface area contributed by atoms with Gasteiger partial charge in [0.25, 0.3) is 11.8 Å². The van der Waals surface area contributed by atoms with Gasteiger partial charge in [0, 0.05) is 19.0 Å². The van der Waals surface area contributed by atoms with Crippen molar-refractivity contribution >= 4 is 17.6 Å². The summed E-state index contributed by atoms with van der Waals surface area (Å²) in [5.74, 6) is 9.98. The molecule has 1 heterocycles. The number of carbonyl (C=O) groups excluding carboxylic acids is 2. The Hall–Kier alpha value is -4.12. The molecule has 1 aromatic carbocycles. The Balaban J connectivity index is 1.66. The Bertz CT molecular complexity index is 1210. The van der Waals surface area contributed by atoms with Crippen molar-refractivity contribution in [3.05, 3.63) is 82.2 Å². The average Bonchev–Trinajstić information content (AvgIpc) is 3.26. The normalized spacial score (nSPS) is 17.9. The summed E-state index contributed by atoms with van der Waals surface area (Å²) in [6.07, 6.45) is 8.01. The Morgan fingerprint density at radius 3 is 2.61 bits per heavy atom. The number of allylic oxidation sites excluding steroid dienone is 1. The fourth-order valence-electron chi connectivity index (χ4n) is 3.98. The quantitative estimate of drug-likeness (QED) is 0.163. The van der Waals surface area contributed by atoms with Crippen LogP contribution in [0.1, 0.15) is 64.7 Å². The van der Waals surface area contributed by atoms with Gasteiger partial charge in [-0.2, -0.15) is 5.10 Å². The lowest BCUT2D eigenvalue weighted by Crippen LogP contribution is -2.35. The van der Waals surface area contributed by atoms with E-state index in [1.54, 1.807) is 19.1 Å². The molecule has 1 atom stereocenters. The maximum atomic E-state index is 13.5. The third kappa shape index (κ3) is 6.72. The fourth-order valence-corrected chi connectivity index (χ4v) is 3.98. The maximum Gasteiger partial charge on any atom is 0.270 e. The largest absolute Gasteiger partial charge is 0.347 e. The third-order valence-corrected chi connectivity index (χ3v) is 5.85. The van der Waals surface area contributed by atoms with Crippen molar-refractivity contribution in [1.29, 1.82) is 0 Å². The number of halogens is 1. The number of benzene rings is 1. The number of hydrogen-bond acceptors (Lipinski definition) is 7. The minimum Gasteiger partial charge on any atom is -0.347 e. The van der Waals surface area contributed by atoms with E-state index in [-0.39, 0.29) is 29.8 Å². The van der Waals surface area contributed by atoms with E-state index in [1.807, 2.05) is 13.0 Å². The molecule has 1 aliphatic rings. The van der Waals surface area contributed by atoms with Gasteiger partial charge in [-0.1, -0.05) is 31.2 Å². The highest BCUT2D eigenvalue weighted by Gasteiger charge is 2.27. The summed E-state index contributed by atoms with van der Waals surface area (Å²) in [6.45, 7) is 3.88. The SMILES string of the molecule is CC/C=C1\C(=C/C/C(=N/N)NN)CCC1NC(=O)c1cc(C(=O)NCc2ccc(F)c(C)c2)ncn1. The molecular formula is C25H31FN8O2. The van der Waals surface area contributed by atoms with Crippen molar-refractivity contribution < 1.29 is 14.0 Å². The number of nitrogens with zero attached hydrogens (tertiary/aromatic N) is 3. The molecule has 1 unspecified atom stereocenters. The van der Waals surface area contributed by atoms with Crippen molar-refractivity contribution in [2.24, 2.45) is 16.8 Å². The molecule has 2 aromatic rings. The molecular weight excluding hydrogens is 463 g/mol. The number of aryl methyl sites for hydroxylation is 1. The molecule has 1 aromatic heterocycles. The second-order valence-electron chi connectivity index (χ2n) is 8.34. The molecule has 7 N–H and O–H groups in total. The van der Waals surface area contributed by atoms with Gasteiger partial charge in [-0.3, -0.25) is 9.59 Å². The van der Waals surface area contributed by atoms with Crippen LogP contribution in [-0.4, -0.2) is 33.7 Å². The minimum atomic E-state index is -0.461. The topological polar surface area (TPSA) is 160 Å². The van der Waals surface area contributed by atoms with Crippen molar-refractivity contribution in [2.45, 2.75) is 52.1 Å². The zero-order valence-corrected chi connectivity index (χ0v) is 20.3. The van der Waals surface area contributed by atoms with Crippen LogP contribution in [-0.2, 0) is 6.54 Å². The number of nitrogens with two attached hydrogens (primary N) is 2. The van der Waals surface area contributed by atoms with E-state index >= 15 is 0 Å². The monoisotopic (exact) mass is 494 g/mol. The summed E-state index contributed by atoms with van der Waals surface area (Å²) >= 11 is 0. The van der Waals surface area contributed by atoms with Gasteiger partial charge in [0.15, 0.2) is 0 Å². The summed E-state index contributed by atoms with van der Waals surface area (Å²) in [5, 5.41) is 9.33. The highest BCUT2D eigenvalue weighted by Crippen LogP contribution is 2.32. The van der Waals surface area contributed by atoms with Gasteiger partial charge < -0.3 is 21.9 Å². The van der Waals surface area contributed by atoms with Crippen molar-refractivity contribution in [2.75, 3.05) is 0 Å². The van der Waals surface area contributed by atoms with Gasteiger partial charge in [-0.15, -0.1) is 0 Å². The number of amides is 2. The van der Waals surface area contributed by atoms with Crippen molar-refractivity contribution in [1.82, 2.24) is 26.0 Å². The first-order chi connectivity index (χ1) is 17.4. The molecule has 190 valence electrons. The third-order valence-electron chi connectivity index (χ3n) is 5.85. The molecule has 11 heteroatoms. The summed E-state index contributed by atoms with van der Waals surface area (Å²) in [4.78, 5) is 33.6. The molecule has 0 bridgehead atoms. The van der Waals surface area contributed by atoms with Gasteiger partial charge >= 0.3 is 0 Å². The highest BCUT2D eigenvalue weighted by molar-refractivity contribution is 5.97. The smallest absolute Gasteiger partial charge is 0.270 e. The van der Waals surface area contributed by atoms with E-state index in [2.05, 4.69) is 37.2 Å². The number of hydrogen-bond donors (Lipinski definition) is 5. The van der Waals surface area contributed by atoms with Gasteiger partial charge in [-0.25, -0.2) is 20.2 Å². The Kier molecular flexibility index (Phi) is 9.23. The van der Waals surface area contributed by atoms with Crippen LogP contribution in [0.3, 0.4) is 0 Å². The average molecular weight is 495 g/mol. The van der Waals surface area contributed by atoms with Crippen molar-refractivity contribution in [3.8, 4) is 0 Å². The number of aromatic nitrogens is 2. The van der Waals surface area contributed by atoms with Gasteiger partial charge in [0.05, 0.1) is 6.04 Å². The summed E-state index contributed by atoms with van der Waals surface area (Å²) in [7, 11) is 0. The zero-order chi connectivity index (χ0) is 26.1. The van der Waals surface area contributed by atoms with Crippen LogP contribution in [0.15, 0.2) is 59.0 Å². The van der Waals surface area contributed by atoms with Crippen LogP contribution in [0.4, 0.5) is 4.39 Å². The van der Waals surface area contributed by atoms with Crippen LogP contribution >= 0.6 is 0 Å². The van der Waals surface area contributed by atoms with E-state index in [4.69, 9.17) is 11.7 Å². The van der Waals surface area contributed by atoms with E-state index in [9.17, 15) is 14.0 Å². The van der Waals surface area contributed by atoms with Gasteiger partial charge in [-0.05, 0) is 54.5 Å². The molecule has 1 saturated carbocycles. The van der Waals surface area contributed by atoms with E-state index in [0.717, 1.165) is 36.0 Å². The molecule has 0 spiro atoms. The summed E-state index contributed by atoms with van der Waals surface area (Å²) in [5.41, 5.74) is 5.97. The number of hydrazine groups is 1. The Morgan fingerprint density at radius 1 is 1.19 bits per heavy atom. The Labute approximate surface area is 209 Å². The number of nitrogens with one attached hydrogen (secondary N) is 3. The predicted molar refractivity (Wildman–Crippen MR) is 135 cm³/mol. The molecule has 0 aliphatic heterocycles. The lowest BCUT2D eigenvalue weighted by Gasteiger charge is -2.15. The molecule has 10 nitrogen and oxygen atoms in total. The number of carbonyl (C=O) groups is 2. The first-order valence-electron chi connectivity index (χ1n) is 11.6. The molecule has 0 saturated heterocycles. The Morgan fingerprint density at radius 2 is 1.94 bits per heavy atom. The number of hydrazone groups is 1. The maximum absolute atomic E-state index is 13.5. The highest BCUT2D eigenvalue weighted by atomic mass is 19.1. The van der Waals surface area contributed by atoms with E-state index < -0.39 is 11.8 Å². The lowest BCUT2D eigenvalue weighted by atomic mass is 10.0. The first kappa shape index (κ1) is 26.5. The van der Waals surface area contributed by atoms with E-state index in [1.165, 1.54) is 18.5 Å². The van der Waals surface area contributed by atoms with Crippen LogP contribution in [0.2, 0.25) is 0 Å². The predicted octanol–water partition coefficient (Wildman–Crippen LogP) is 2.13. The fraction of sp³-hybridized carbons (Fsp3) is 0.320. The minimum absolute atomic E-state index is 0.0631. The molecule has 36 heavy (non-hydrogen) atoms. The van der Waals surface area contributed by atoms with Gasteiger partial charge in [0.1, 0.15) is 29.4 Å². The van der Waals surface area contributed by atoms with Gasteiger partial charge in [0.2, 0.25) is 0 Å². The molecule has 1 fully saturated rings. The second kappa shape index (κ2) is 12.5. The molecule has 2 amide bonds. The van der Waals surface area contributed by atoms with E-state index in [0.29, 0.717) is 17.8 Å². The molecule has 0 radical (unpaired) electrons. The van der Waals surface area contributed by atoms with Crippen LogP contribution in [0.5, 0.6) is 0 Å². The lowest BCUT2D eigenvalue weighted by molar-refractivity contribution is 0.0938. The summed E-state index contributed by atoms with van der Waals surface area (Å²) in [6, 6.07) is 5.78. The van der Waals surface area contributed by atoms with Crippen LogP contribution < -0.4 is 27.7 Å². The second-order valence-corrected chi connectivity index (χ2v) is 8.34. The van der Waals surface area contributed by atoms with Crippen molar-refractivity contribution in [3.63, 3.8) is 0 Å². The first-order valence-corrected chi connectivity index (χ1v) is 11.6. The number of amidine groups is 1. The molecule has 1 aliphatic carbocycles. The standard InChI is InChI=1S/C25H31FN8O2/c1-3-4-18-17(7-10-23(33-27)34-28)6-9-20(18)32-25(36)22-12-21(30-14-31-22)24(35)29-13-16-5-8-19(26)15(2)11-16/h4-5,7-8,11-12,14,20H,3,6,9-10,13,27-28H2,1-2H3,(H,29,35)(H,32,36)(H,33,34)/b17-7-,18-4+.